The Morgan fingerprint density at radius 3 is 2.65 bits per heavy atom. The smallest absolute Gasteiger partial charge is 0.224 e. The first-order chi connectivity index (χ1) is 7.97. The maximum Gasteiger partial charge on any atom is 0.224 e. The first kappa shape index (κ1) is 14.4. The molecule has 1 atom stereocenters. The molecule has 1 saturated carbocycles. The van der Waals surface area contributed by atoms with Gasteiger partial charge in [-0.3, -0.25) is 4.79 Å². The summed E-state index contributed by atoms with van der Waals surface area (Å²) in [4.78, 5) is 13.5. The lowest BCUT2D eigenvalue weighted by Gasteiger charge is -2.27. The minimum Gasteiger partial charge on any atom is -0.389 e. The largest absolute Gasteiger partial charge is 0.389 e. The van der Waals surface area contributed by atoms with E-state index in [4.69, 9.17) is 10.5 Å². The highest BCUT2D eigenvalue weighted by atomic mass is 16.5. The number of carbonyl (C=O) groups excluding carboxylic acids is 1. The Balaban J connectivity index is 2.36. The monoisotopic (exact) mass is 244 g/mol. The number of rotatable bonds is 6. The number of likely N-dealkylation sites (N-methyl/N-ethyl adjacent to an activating group) is 1. The Labute approximate surface area is 103 Å². The number of amides is 1. The van der Waals surface area contributed by atoms with Crippen molar-refractivity contribution in [1.82, 2.24) is 4.90 Å². The molecule has 0 bridgehead atoms. The van der Waals surface area contributed by atoms with Crippen molar-refractivity contribution in [2.75, 3.05) is 27.3 Å². The lowest BCUT2D eigenvalue weighted by molar-refractivity contribution is -0.132. The third kappa shape index (κ3) is 4.61. The fraction of sp³-hybridized carbons (Fsp3) is 0.917. The lowest BCUT2D eigenvalue weighted by Crippen LogP contribution is -2.44. The number of nitrogens with two attached hydrogens (primary N) is 1. The summed E-state index contributed by atoms with van der Waals surface area (Å²) in [5.74, 6) is 0.00422. The maximum absolute atomic E-state index is 11.9. The van der Waals surface area contributed by atoms with Gasteiger partial charge in [-0.2, -0.15) is 0 Å². The zero-order chi connectivity index (χ0) is 12.9. The summed E-state index contributed by atoms with van der Waals surface area (Å²) in [7, 11) is 3.22. The third-order valence-corrected chi connectivity index (χ3v) is 3.37. The van der Waals surface area contributed by atoms with Crippen LogP contribution in [-0.2, 0) is 9.53 Å². The summed E-state index contributed by atoms with van der Waals surface area (Å²) >= 11 is 0. The van der Waals surface area contributed by atoms with E-state index in [2.05, 4.69) is 0 Å². The molecule has 0 radical (unpaired) electrons. The van der Waals surface area contributed by atoms with Crippen molar-refractivity contribution in [3.63, 3.8) is 0 Å². The standard InChI is InChI=1S/C12H24N2O3/c1-14(8-10(15)9-17-2)11(16)7-12(13)5-3-4-6-12/h10,15H,3-9,13H2,1-2H3. The summed E-state index contributed by atoms with van der Waals surface area (Å²) in [6.07, 6.45) is 3.81. The van der Waals surface area contributed by atoms with Crippen LogP contribution in [0.15, 0.2) is 0 Å². The van der Waals surface area contributed by atoms with Crippen LogP contribution in [0.4, 0.5) is 0 Å². The number of aliphatic hydroxyl groups is 1. The van der Waals surface area contributed by atoms with Crippen LogP contribution in [0.1, 0.15) is 32.1 Å². The van der Waals surface area contributed by atoms with Crippen LogP contribution >= 0.6 is 0 Å². The van der Waals surface area contributed by atoms with Crippen LogP contribution in [0.25, 0.3) is 0 Å². The number of nitrogens with zero attached hydrogens (tertiary/aromatic N) is 1. The summed E-state index contributed by atoms with van der Waals surface area (Å²) in [5.41, 5.74) is 5.83. The van der Waals surface area contributed by atoms with Crippen molar-refractivity contribution in [2.45, 2.75) is 43.7 Å². The fourth-order valence-electron chi connectivity index (χ4n) is 2.36. The van der Waals surface area contributed by atoms with Crippen LogP contribution < -0.4 is 5.73 Å². The second kappa shape index (κ2) is 6.33. The molecule has 1 aliphatic rings. The molecular weight excluding hydrogens is 220 g/mol. The van der Waals surface area contributed by atoms with Crippen LogP contribution in [-0.4, -0.2) is 54.9 Å². The van der Waals surface area contributed by atoms with Crippen molar-refractivity contribution in [1.29, 1.82) is 0 Å². The zero-order valence-electron chi connectivity index (χ0n) is 10.8. The molecule has 1 unspecified atom stereocenters. The maximum atomic E-state index is 11.9. The number of hydrogen-bond acceptors (Lipinski definition) is 4. The third-order valence-electron chi connectivity index (χ3n) is 3.37. The molecule has 3 N–H and O–H groups in total. The highest BCUT2D eigenvalue weighted by Gasteiger charge is 2.32. The van der Waals surface area contributed by atoms with Gasteiger partial charge in [-0.1, -0.05) is 12.8 Å². The van der Waals surface area contributed by atoms with Crippen LogP contribution in [0.5, 0.6) is 0 Å². The molecule has 5 nitrogen and oxygen atoms in total. The molecule has 0 aromatic heterocycles. The zero-order valence-corrected chi connectivity index (χ0v) is 10.8. The van der Waals surface area contributed by atoms with E-state index in [1.165, 1.54) is 12.0 Å². The number of methoxy groups -OCH3 is 1. The van der Waals surface area contributed by atoms with Gasteiger partial charge in [0.1, 0.15) is 0 Å². The predicted molar refractivity (Wildman–Crippen MR) is 65.5 cm³/mol. The van der Waals surface area contributed by atoms with Crippen molar-refractivity contribution in [2.24, 2.45) is 5.73 Å². The molecule has 17 heavy (non-hydrogen) atoms. The second-order valence-corrected chi connectivity index (χ2v) is 5.13. The first-order valence-electron chi connectivity index (χ1n) is 6.17. The molecule has 1 aliphatic carbocycles. The number of hydrogen-bond donors (Lipinski definition) is 2. The van der Waals surface area contributed by atoms with Gasteiger partial charge in [-0.15, -0.1) is 0 Å². The highest BCUT2D eigenvalue weighted by molar-refractivity contribution is 5.77. The number of ether oxygens (including phenoxy) is 1. The van der Waals surface area contributed by atoms with Gasteiger partial charge in [0, 0.05) is 32.7 Å². The lowest BCUT2D eigenvalue weighted by atomic mass is 9.94. The van der Waals surface area contributed by atoms with E-state index in [0.717, 1.165) is 25.7 Å². The second-order valence-electron chi connectivity index (χ2n) is 5.13. The van der Waals surface area contributed by atoms with E-state index >= 15 is 0 Å². The van der Waals surface area contributed by atoms with E-state index in [1.54, 1.807) is 7.05 Å². The van der Waals surface area contributed by atoms with Gasteiger partial charge in [-0.05, 0) is 12.8 Å². The van der Waals surface area contributed by atoms with Gasteiger partial charge in [0.2, 0.25) is 5.91 Å². The molecule has 0 spiro atoms. The molecule has 1 fully saturated rings. The van der Waals surface area contributed by atoms with E-state index in [0.29, 0.717) is 13.0 Å². The Morgan fingerprint density at radius 1 is 1.53 bits per heavy atom. The van der Waals surface area contributed by atoms with Gasteiger partial charge in [0.05, 0.1) is 12.7 Å². The van der Waals surface area contributed by atoms with Crippen LogP contribution in [0.3, 0.4) is 0 Å². The van der Waals surface area contributed by atoms with E-state index < -0.39 is 6.10 Å². The van der Waals surface area contributed by atoms with Crippen molar-refractivity contribution >= 4 is 5.91 Å². The quantitative estimate of drug-likeness (QED) is 0.695. The Morgan fingerprint density at radius 2 is 2.12 bits per heavy atom. The first-order valence-corrected chi connectivity index (χ1v) is 6.17. The van der Waals surface area contributed by atoms with E-state index in [9.17, 15) is 9.90 Å². The average Bonchev–Trinajstić information content (AvgIpc) is 2.65. The topological polar surface area (TPSA) is 75.8 Å². The fourth-order valence-corrected chi connectivity index (χ4v) is 2.36. The molecular formula is C12H24N2O3. The molecule has 1 rings (SSSR count). The van der Waals surface area contributed by atoms with Crippen LogP contribution in [0.2, 0.25) is 0 Å². The minimum absolute atomic E-state index is 0.00422. The predicted octanol–water partition coefficient (Wildman–Crippen LogP) is 0.114. The summed E-state index contributed by atoms with van der Waals surface area (Å²) in [5, 5.41) is 9.54. The SMILES string of the molecule is COCC(O)CN(C)C(=O)CC1(N)CCCC1. The summed E-state index contributed by atoms with van der Waals surface area (Å²) in [6, 6.07) is 0. The molecule has 0 heterocycles. The highest BCUT2D eigenvalue weighted by Crippen LogP contribution is 2.30. The summed E-state index contributed by atoms with van der Waals surface area (Å²) in [6.45, 7) is 0.536. The Hall–Kier alpha value is -0.650. The molecule has 5 heteroatoms. The van der Waals surface area contributed by atoms with Crippen molar-refractivity contribution in [3.8, 4) is 0 Å². The normalized spacial score (nSPS) is 20.2. The molecule has 0 saturated heterocycles. The summed E-state index contributed by atoms with van der Waals surface area (Å²) < 4.78 is 4.82. The average molecular weight is 244 g/mol. The minimum atomic E-state index is -0.633. The Kier molecular flexibility index (Phi) is 5.36. The molecule has 1 amide bonds. The van der Waals surface area contributed by atoms with Gasteiger partial charge in [-0.25, -0.2) is 0 Å². The molecule has 0 aromatic carbocycles. The van der Waals surface area contributed by atoms with Gasteiger partial charge < -0.3 is 20.5 Å². The number of aliphatic hydroxyl groups excluding tert-OH is 1. The molecule has 100 valence electrons. The number of carbonyl (C=O) groups is 1. The van der Waals surface area contributed by atoms with Crippen LogP contribution in [0, 0.1) is 0 Å². The Bertz CT molecular complexity index is 252. The molecule has 0 aliphatic heterocycles. The van der Waals surface area contributed by atoms with Crippen molar-refractivity contribution in [3.05, 3.63) is 0 Å². The van der Waals surface area contributed by atoms with E-state index in [1.807, 2.05) is 0 Å². The van der Waals surface area contributed by atoms with Gasteiger partial charge >= 0.3 is 0 Å². The molecule has 0 aromatic rings. The van der Waals surface area contributed by atoms with Gasteiger partial charge in [0.25, 0.3) is 0 Å². The van der Waals surface area contributed by atoms with Crippen molar-refractivity contribution < 1.29 is 14.6 Å². The van der Waals surface area contributed by atoms with E-state index in [-0.39, 0.29) is 18.1 Å². The van der Waals surface area contributed by atoms with Gasteiger partial charge in [0.15, 0.2) is 0 Å².